The summed E-state index contributed by atoms with van der Waals surface area (Å²) in [5.41, 5.74) is 0.717. The highest BCUT2D eigenvalue weighted by Crippen LogP contribution is 2.29. The molecule has 2 heterocycles. The van der Waals surface area contributed by atoms with Gasteiger partial charge in [-0.3, -0.25) is 4.79 Å². The molecule has 0 unspecified atom stereocenters. The second kappa shape index (κ2) is 7.26. The highest BCUT2D eigenvalue weighted by Gasteiger charge is 2.34. The molecule has 0 spiro atoms. The summed E-state index contributed by atoms with van der Waals surface area (Å²) in [6.07, 6.45) is 2.97. The number of hydrogen-bond acceptors (Lipinski definition) is 5. The molecule has 3 rings (SSSR count). The minimum absolute atomic E-state index is 0.236. The number of piperidine rings is 1. The highest BCUT2D eigenvalue weighted by atomic mass is 16.5. The van der Waals surface area contributed by atoms with Gasteiger partial charge in [-0.1, -0.05) is 6.07 Å². The standard InChI is InChI=1S/C11H13NO4.C5H9N/c1-7(13)12-9-6-4-5-8(10(9)15-2)11(14)16-3;1-3-6-4-2-5(1)6/h4-6H,1-3H3,(H,12,13);5H,1-4H2. The van der Waals surface area contributed by atoms with Crippen LogP contribution < -0.4 is 10.1 Å². The van der Waals surface area contributed by atoms with Crippen molar-refractivity contribution in [2.45, 2.75) is 25.8 Å². The van der Waals surface area contributed by atoms with Gasteiger partial charge in [0.25, 0.3) is 0 Å². The Morgan fingerprint density at radius 2 is 1.86 bits per heavy atom. The Kier molecular flexibility index (Phi) is 5.38. The van der Waals surface area contributed by atoms with Gasteiger partial charge in [-0.05, 0) is 38.1 Å². The van der Waals surface area contributed by atoms with Crippen LogP contribution in [0.25, 0.3) is 0 Å². The van der Waals surface area contributed by atoms with Gasteiger partial charge < -0.3 is 19.7 Å². The second-order valence-corrected chi connectivity index (χ2v) is 5.33. The maximum atomic E-state index is 11.4. The number of esters is 1. The largest absolute Gasteiger partial charge is 0.494 e. The van der Waals surface area contributed by atoms with Crippen LogP contribution in [0.3, 0.4) is 0 Å². The van der Waals surface area contributed by atoms with Gasteiger partial charge in [-0.25, -0.2) is 4.79 Å². The molecule has 1 amide bonds. The number of nitrogens with zero attached hydrogens (tertiary/aromatic N) is 1. The molecule has 0 saturated carbocycles. The van der Waals surface area contributed by atoms with Gasteiger partial charge in [-0.2, -0.15) is 0 Å². The number of hydrogen-bond donors (Lipinski definition) is 1. The number of amides is 1. The van der Waals surface area contributed by atoms with Crippen molar-refractivity contribution in [2.24, 2.45) is 0 Å². The van der Waals surface area contributed by atoms with Crippen LogP contribution in [0.15, 0.2) is 18.2 Å². The minimum Gasteiger partial charge on any atom is -0.494 e. The summed E-state index contributed by atoms with van der Waals surface area (Å²) in [6, 6.07) is 5.90. The first-order valence-electron chi connectivity index (χ1n) is 7.33. The number of methoxy groups -OCH3 is 2. The van der Waals surface area contributed by atoms with Gasteiger partial charge >= 0.3 is 5.97 Å². The van der Waals surface area contributed by atoms with Crippen LogP contribution in [0.5, 0.6) is 5.75 Å². The summed E-state index contributed by atoms with van der Waals surface area (Å²) < 4.78 is 9.69. The molecule has 0 aromatic heterocycles. The summed E-state index contributed by atoms with van der Waals surface area (Å²) in [4.78, 5) is 24.9. The van der Waals surface area contributed by atoms with Crippen molar-refractivity contribution in [2.75, 3.05) is 32.6 Å². The molecule has 1 aromatic rings. The quantitative estimate of drug-likeness (QED) is 0.864. The van der Waals surface area contributed by atoms with Crippen LogP contribution in [-0.4, -0.2) is 50.1 Å². The van der Waals surface area contributed by atoms with E-state index in [2.05, 4.69) is 15.0 Å². The number of carbonyl (C=O) groups excluding carboxylic acids is 2. The first-order valence-corrected chi connectivity index (χ1v) is 7.33. The third kappa shape index (κ3) is 3.57. The van der Waals surface area contributed by atoms with Crippen LogP contribution in [0.4, 0.5) is 5.69 Å². The fourth-order valence-electron chi connectivity index (χ4n) is 2.56. The van der Waals surface area contributed by atoms with Crippen LogP contribution in [0, 0.1) is 0 Å². The van der Waals surface area contributed by atoms with Crippen molar-refractivity contribution in [1.29, 1.82) is 0 Å². The second-order valence-electron chi connectivity index (χ2n) is 5.33. The smallest absolute Gasteiger partial charge is 0.341 e. The van der Waals surface area contributed by atoms with Crippen LogP contribution in [-0.2, 0) is 9.53 Å². The summed E-state index contributed by atoms with van der Waals surface area (Å²) >= 11 is 0. The maximum Gasteiger partial charge on any atom is 0.341 e. The number of ether oxygens (including phenoxy) is 2. The molecule has 0 atom stereocenters. The molecule has 2 saturated heterocycles. The predicted molar refractivity (Wildman–Crippen MR) is 83.2 cm³/mol. The van der Waals surface area contributed by atoms with E-state index in [1.165, 1.54) is 47.1 Å². The topological polar surface area (TPSA) is 67.9 Å². The van der Waals surface area contributed by atoms with Gasteiger partial charge in [-0.15, -0.1) is 0 Å². The minimum atomic E-state index is -0.510. The van der Waals surface area contributed by atoms with E-state index in [1.807, 2.05) is 0 Å². The molecule has 1 N–H and O–H groups in total. The first-order chi connectivity index (χ1) is 10.6. The van der Waals surface area contributed by atoms with E-state index in [1.54, 1.807) is 18.2 Å². The lowest BCUT2D eigenvalue weighted by Gasteiger charge is -2.50. The van der Waals surface area contributed by atoms with Gasteiger partial charge in [0.2, 0.25) is 5.91 Å². The normalized spacial score (nSPS) is 16.1. The molecule has 0 radical (unpaired) electrons. The average Bonchev–Trinajstić information content (AvgIpc) is 2.49. The van der Waals surface area contributed by atoms with Crippen molar-refractivity contribution < 1.29 is 19.1 Å². The first kappa shape index (κ1) is 16.3. The number of nitrogens with one attached hydrogen (secondary N) is 1. The summed E-state index contributed by atoms with van der Waals surface area (Å²) in [7, 11) is 2.71. The fourth-order valence-corrected chi connectivity index (χ4v) is 2.56. The zero-order valence-corrected chi connectivity index (χ0v) is 13.2. The molecule has 120 valence electrons. The van der Waals surface area contributed by atoms with Crippen LogP contribution >= 0.6 is 0 Å². The number of benzene rings is 1. The lowest BCUT2D eigenvalue weighted by Crippen LogP contribution is -2.57. The number of para-hydroxylation sites is 1. The lowest BCUT2D eigenvalue weighted by molar-refractivity contribution is -0.114. The van der Waals surface area contributed by atoms with E-state index in [0.717, 1.165) is 6.04 Å². The van der Waals surface area contributed by atoms with Crippen molar-refractivity contribution in [3.63, 3.8) is 0 Å². The summed E-state index contributed by atoms with van der Waals surface area (Å²) in [5.74, 6) is -0.450. The number of carbonyl (C=O) groups is 2. The Hall–Kier alpha value is -2.08. The van der Waals surface area contributed by atoms with Crippen LogP contribution in [0.1, 0.15) is 30.1 Å². The molecule has 0 aliphatic carbocycles. The SMILES string of the molecule is C1CN2CCC12.COC(=O)c1cccc(NC(C)=O)c1OC. The molecular weight excluding hydrogens is 284 g/mol. The molecule has 6 heteroatoms. The van der Waals surface area contributed by atoms with E-state index in [9.17, 15) is 9.59 Å². The Balaban J connectivity index is 0.000000238. The lowest BCUT2D eigenvalue weighted by atomic mass is 9.91. The van der Waals surface area contributed by atoms with E-state index in [0.29, 0.717) is 11.4 Å². The number of anilines is 1. The Bertz CT molecular complexity index is 541. The fraction of sp³-hybridized carbons (Fsp3) is 0.500. The van der Waals surface area contributed by atoms with E-state index < -0.39 is 5.97 Å². The monoisotopic (exact) mass is 306 g/mol. The third-order valence-electron chi connectivity index (χ3n) is 3.95. The molecule has 6 nitrogen and oxygen atoms in total. The van der Waals surface area contributed by atoms with Gasteiger partial charge in [0.1, 0.15) is 5.56 Å². The molecular formula is C16H22N2O4. The number of rotatable bonds is 3. The van der Waals surface area contributed by atoms with Crippen molar-refractivity contribution >= 4 is 17.6 Å². The van der Waals surface area contributed by atoms with Crippen molar-refractivity contribution in [3.8, 4) is 5.75 Å². The van der Waals surface area contributed by atoms with Gasteiger partial charge in [0.05, 0.1) is 19.9 Å². The molecule has 2 fully saturated rings. The third-order valence-corrected chi connectivity index (χ3v) is 3.95. The van der Waals surface area contributed by atoms with E-state index in [-0.39, 0.29) is 11.5 Å². The molecule has 1 aromatic carbocycles. The number of fused-ring (bicyclic) bond motifs is 1. The molecule has 2 aliphatic rings. The van der Waals surface area contributed by atoms with E-state index in [4.69, 9.17) is 4.74 Å². The summed E-state index contributed by atoms with van der Waals surface area (Å²) in [6.45, 7) is 4.17. The zero-order chi connectivity index (χ0) is 16.1. The van der Waals surface area contributed by atoms with Crippen molar-refractivity contribution in [1.82, 2.24) is 4.90 Å². The Morgan fingerprint density at radius 3 is 2.23 bits per heavy atom. The molecule has 22 heavy (non-hydrogen) atoms. The molecule has 2 aliphatic heterocycles. The van der Waals surface area contributed by atoms with Gasteiger partial charge in [0.15, 0.2) is 5.75 Å². The predicted octanol–water partition coefficient (Wildman–Crippen LogP) is 1.90. The van der Waals surface area contributed by atoms with Gasteiger partial charge in [0, 0.05) is 13.0 Å². The zero-order valence-electron chi connectivity index (χ0n) is 13.2. The van der Waals surface area contributed by atoms with Crippen molar-refractivity contribution in [3.05, 3.63) is 23.8 Å². The van der Waals surface area contributed by atoms with Crippen LogP contribution in [0.2, 0.25) is 0 Å². The summed E-state index contributed by atoms with van der Waals surface area (Å²) in [5, 5.41) is 2.57. The Morgan fingerprint density at radius 1 is 1.23 bits per heavy atom. The highest BCUT2D eigenvalue weighted by molar-refractivity contribution is 5.98. The maximum absolute atomic E-state index is 11.4. The Labute approximate surface area is 130 Å². The van der Waals surface area contributed by atoms with E-state index >= 15 is 0 Å². The average molecular weight is 306 g/mol. The molecule has 0 bridgehead atoms.